The van der Waals surface area contributed by atoms with Crippen LogP contribution >= 0.6 is 0 Å². The predicted octanol–water partition coefficient (Wildman–Crippen LogP) is 1.34. The summed E-state index contributed by atoms with van der Waals surface area (Å²) in [7, 11) is 0. The van der Waals surface area contributed by atoms with Crippen LogP contribution in [0.1, 0.15) is 0 Å². The van der Waals surface area contributed by atoms with Gasteiger partial charge in [-0.05, 0) is 12.1 Å². The lowest BCUT2D eigenvalue weighted by Crippen LogP contribution is -1.82. The maximum atomic E-state index is 8.58. The van der Waals surface area contributed by atoms with Gasteiger partial charge in [-0.25, -0.2) is 0 Å². The zero-order valence-corrected chi connectivity index (χ0v) is 7.05. The third kappa shape index (κ3) is 2.56. The lowest BCUT2D eigenvalue weighted by atomic mass is 10.2. The lowest BCUT2D eigenvalue weighted by molar-refractivity contribution is -0.106. The number of aromatic nitrogens is 1. The van der Waals surface area contributed by atoms with Gasteiger partial charge in [0.1, 0.15) is 0 Å². The number of nitrogens with zero attached hydrogens (tertiary/aromatic N) is 1. The SMILES string of the molecule is NC=O.c1ccc2ncccc2c1. The molecule has 0 spiro atoms. The number of primary amides is 1. The Labute approximate surface area is 76.2 Å². The van der Waals surface area contributed by atoms with E-state index in [0.29, 0.717) is 0 Å². The molecule has 0 aliphatic rings. The van der Waals surface area contributed by atoms with Crippen LogP contribution in [0.2, 0.25) is 0 Å². The highest BCUT2D eigenvalue weighted by Gasteiger charge is 1.86. The second-order valence-corrected chi connectivity index (χ2v) is 2.33. The van der Waals surface area contributed by atoms with Crippen molar-refractivity contribution < 1.29 is 4.79 Å². The molecule has 0 bridgehead atoms. The molecular weight excluding hydrogens is 164 g/mol. The first-order valence-corrected chi connectivity index (χ1v) is 3.83. The van der Waals surface area contributed by atoms with Crippen molar-refractivity contribution in [2.45, 2.75) is 0 Å². The molecule has 0 fully saturated rings. The Morgan fingerprint density at radius 1 is 1.15 bits per heavy atom. The zero-order valence-electron chi connectivity index (χ0n) is 7.05. The highest BCUT2D eigenvalue weighted by atomic mass is 16.1. The number of hydrogen-bond donors (Lipinski definition) is 1. The highest BCUT2D eigenvalue weighted by molar-refractivity contribution is 5.77. The Morgan fingerprint density at radius 2 is 1.77 bits per heavy atom. The topological polar surface area (TPSA) is 56.0 Å². The van der Waals surface area contributed by atoms with Gasteiger partial charge in [0.15, 0.2) is 0 Å². The quantitative estimate of drug-likeness (QED) is 0.612. The summed E-state index contributed by atoms with van der Waals surface area (Å²) in [5, 5.41) is 1.20. The van der Waals surface area contributed by atoms with Crippen LogP contribution in [0.5, 0.6) is 0 Å². The molecule has 0 saturated heterocycles. The minimum atomic E-state index is 0.250. The maximum Gasteiger partial charge on any atom is 0.204 e. The van der Waals surface area contributed by atoms with Crippen molar-refractivity contribution in [2.75, 3.05) is 0 Å². The van der Waals surface area contributed by atoms with Gasteiger partial charge in [0, 0.05) is 11.6 Å². The smallest absolute Gasteiger partial charge is 0.204 e. The Kier molecular flexibility index (Phi) is 3.45. The third-order valence-electron chi connectivity index (χ3n) is 1.51. The maximum absolute atomic E-state index is 8.58. The minimum absolute atomic E-state index is 0.250. The highest BCUT2D eigenvalue weighted by Crippen LogP contribution is 2.07. The zero-order chi connectivity index (χ0) is 9.52. The Balaban J connectivity index is 0.000000251. The summed E-state index contributed by atoms with van der Waals surface area (Å²) >= 11 is 0. The van der Waals surface area contributed by atoms with Crippen LogP contribution in [0.3, 0.4) is 0 Å². The van der Waals surface area contributed by atoms with Crippen molar-refractivity contribution >= 4 is 17.3 Å². The average molecular weight is 174 g/mol. The normalized spacial score (nSPS) is 8.62. The number of hydrogen-bond acceptors (Lipinski definition) is 2. The van der Waals surface area contributed by atoms with Crippen molar-refractivity contribution in [3.63, 3.8) is 0 Å². The molecule has 0 aliphatic carbocycles. The number of fused-ring (bicyclic) bond motifs is 1. The molecule has 3 nitrogen and oxygen atoms in total. The van der Waals surface area contributed by atoms with Gasteiger partial charge in [0.05, 0.1) is 5.52 Å². The first-order chi connectivity index (χ1) is 6.38. The van der Waals surface area contributed by atoms with Crippen LogP contribution < -0.4 is 5.73 Å². The summed E-state index contributed by atoms with van der Waals surface area (Å²) in [5.74, 6) is 0. The fraction of sp³-hybridized carbons (Fsp3) is 0. The number of carbonyl (C=O) groups excluding carboxylic acids is 1. The summed E-state index contributed by atoms with van der Waals surface area (Å²) in [4.78, 5) is 12.8. The molecule has 1 amide bonds. The van der Waals surface area contributed by atoms with Crippen molar-refractivity contribution in [3.8, 4) is 0 Å². The van der Waals surface area contributed by atoms with Crippen LogP contribution in [0.15, 0.2) is 42.6 Å². The van der Waals surface area contributed by atoms with Crippen LogP contribution in [0.25, 0.3) is 10.9 Å². The van der Waals surface area contributed by atoms with E-state index in [9.17, 15) is 0 Å². The molecule has 0 radical (unpaired) electrons. The average Bonchev–Trinajstić information content (AvgIpc) is 2.19. The number of nitrogens with two attached hydrogens (primary N) is 1. The molecule has 1 aromatic carbocycles. The molecule has 1 aromatic heterocycles. The van der Waals surface area contributed by atoms with E-state index in [2.05, 4.69) is 22.9 Å². The van der Waals surface area contributed by atoms with Gasteiger partial charge >= 0.3 is 0 Å². The van der Waals surface area contributed by atoms with E-state index >= 15 is 0 Å². The van der Waals surface area contributed by atoms with Crippen LogP contribution in [0.4, 0.5) is 0 Å². The molecule has 0 saturated carbocycles. The van der Waals surface area contributed by atoms with Gasteiger partial charge in [-0.3, -0.25) is 9.78 Å². The number of pyridine rings is 1. The molecular formula is C10H10N2O. The van der Waals surface area contributed by atoms with E-state index in [1.54, 1.807) is 0 Å². The fourth-order valence-corrected chi connectivity index (χ4v) is 1.02. The van der Waals surface area contributed by atoms with Gasteiger partial charge in [-0.1, -0.05) is 24.3 Å². The number of carbonyl (C=O) groups is 1. The Hall–Kier alpha value is -1.90. The van der Waals surface area contributed by atoms with Gasteiger partial charge in [0.2, 0.25) is 6.41 Å². The van der Waals surface area contributed by atoms with Crippen LogP contribution in [0, 0.1) is 0 Å². The first-order valence-electron chi connectivity index (χ1n) is 3.83. The monoisotopic (exact) mass is 174 g/mol. The van der Waals surface area contributed by atoms with Crippen molar-refractivity contribution in [1.82, 2.24) is 4.98 Å². The predicted molar refractivity (Wildman–Crippen MR) is 52.0 cm³/mol. The summed E-state index contributed by atoms with van der Waals surface area (Å²) < 4.78 is 0. The van der Waals surface area contributed by atoms with E-state index in [1.807, 2.05) is 30.5 Å². The standard InChI is InChI=1S/C9H7N.CH3NO/c1-2-6-9-8(4-1)5-3-7-10-9;2-1-3/h1-7H;1H,(H2,2,3). The number of benzene rings is 1. The van der Waals surface area contributed by atoms with Gasteiger partial charge < -0.3 is 5.73 Å². The second-order valence-electron chi connectivity index (χ2n) is 2.33. The largest absolute Gasteiger partial charge is 0.372 e. The fourth-order valence-electron chi connectivity index (χ4n) is 1.02. The Morgan fingerprint density at radius 3 is 2.46 bits per heavy atom. The van der Waals surface area contributed by atoms with Crippen molar-refractivity contribution in [1.29, 1.82) is 0 Å². The third-order valence-corrected chi connectivity index (χ3v) is 1.51. The minimum Gasteiger partial charge on any atom is -0.372 e. The van der Waals surface area contributed by atoms with E-state index < -0.39 is 0 Å². The molecule has 1 heterocycles. The first kappa shape index (κ1) is 9.19. The summed E-state index contributed by atoms with van der Waals surface area (Å²) in [5.41, 5.74) is 5.23. The number of para-hydroxylation sites is 1. The molecule has 13 heavy (non-hydrogen) atoms. The van der Waals surface area contributed by atoms with E-state index in [-0.39, 0.29) is 6.41 Å². The Bertz CT molecular complexity index is 322. The molecule has 0 aliphatic heterocycles. The molecule has 0 unspecified atom stereocenters. The molecule has 2 N–H and O–H groups in total. The summed E-state index contributed by atoms with van der Waals surface area (Å²) in [6, 6.07) is 12.1. The molecule has 2 rings (SSSR count). The second kappa shape index (κ2) is 4.87. The van der Waals surface area contributed by atoms with Crippen molar-refractivity contribution in [2.24, 2.45) is 5.73 Å². The summed E-state index contributed by atoms with van der Waals surface area (Å²) in [6.07, 6.45) is 2.06. The molecule has 0 atom stereocenters. The summed E-state index contributed by atoms with van der Waals surface area (Å²) in [6.45, 7) is 0. The van der Waals surface area contributed by atoms with Crippen LogP contribution in [-0.4, -0.2) is 11.4 Å². The number of amides is 1. The van der Waals surface area contributed by atoms with Gasteiger partial charge in [0.25, 0.3) is 0 Å². The van der Waals surface area contributed by atoms with Gasteiger partial charge in [-0.15, -0.1) is 0 Å². The molecule has 2 aromatic rings. The van der Waals surface area contributed by atoms with E-state index in [4.69, 9.17) is 4.79 Å². The van der Waals surface area contributed by atoms with Crippen molar-refractivity contribution in [3.05, 3.63) is 42.6 Å². The molecule has 66 valence electrons. The lowest BCUT2D eigenvalue weighted by Gasteiger charge is -1.91. The van der Waals surface area contributed by atoms with Gasteiger partial charge in [-0.2, -0.15) is 0 Å². The van der Waals surface area contributed by atoms with E-state index in [0.717, 1.165) is 5.52 Å². The van der Waals surface area contributed by atoms with Crippen LogP contribution in [-0.2, 0) is 4.79 Å². The molecule has 3 heteroatoms. The van der Waals surface area contributed by atoms with E-state index in [1.165, 1.54) is 5.39 Å². The number of rotatable bonds is 0.